The van der Waals surface area contributed by atoms with E-state index in [2.05, 4.69) is 45.0 Å². The molecule has 2 aromatic carbocycles. The normalized spacial score (nSPS) is 13.9. The third kappa shape index (κ3) is 2.34. The van der Waals surface area contributed by atoms with Gasteiger partial charge in [0.25, 0.3) is 0 Å². The fraction of sp³-hybridized carbons (Fsp3) is 0.375. The van der Waals surface area contributed by atoms with Crippen molar-refractivity contribution in [2.75, 3.05) is 0 Å². The van der Waals surface area contributed by atoms with Crippen LogP contribution in [-0.2, 0) is 5.41 Å². The number of rotatable bonds is 1. The first-order chi connectivity index (χ1) is 7.89. The van der Waals surface area contributed by atoms with Crippen molar-refractivity contribution in [2.45, 2.75) is 39.2 Å². The Morgan fingerprint density at radius 3 is 2.29 bits per heavy atom. The lowest BCUT2D eigenvalue weighted by Gasteiger charge is -2.22. The van der Waals surface area contributed by atoms with E-state index >= 15 is 0 Å². The van der Waals surface area contributed by atoms with Gasteiger partial charge in [0.2, 0.25) is 0 Å². The van der Waals surface area contributed by atoms with Crippen molar-refractivity contribution in [3.05, 3.63) is 47.5 Å². The first kappa shape index (κ1) is 12.1. The first-order valence-electron chi connectivity index (χ1n) is 6.11. The van der Waals surface area contributed by atoms with E-state index in [0.29, 0.717) is 0 Å². The van der Waals surface area contributed by atoms with Crippen LogP contribution in [0, 0.1) is 0 Å². The highest BCUT2D eigenvalue weighted by molar-refractivity contribution is 5.87. The Labute approximate surface area is 103 Å². The molecular formula is C16H20O. The summed E-state index contributed by atoms with van der Waals surface area (Å²) in [7, 11) is 0. The predicted octanol–water partition coefficient (Wildman–Crippen LogP) is 4.19. The van der Waals surface area contributed by atoms with Crippen LogP contribution in [0.15, 0.2) is 36.4 Å². The van der Waals surface area contributed by atoms with Crippen molar-refractivity contribution in [1.82, 2.24) is 0 Å². The fourth-order valence-electron chi connectivity index (χ4n) is 2.12. The highest BCUT2D eigenvalue weighted by Crippen LogP contribution is 2.31. The summed E-state index contributed by atoms with van der Waals surface area (Å²) in [6.07, 6.45) is -0.429. The molecule has 1 nitrogen and oxygen atoms in total. The van der Waals surface area contributed by atoms with Crippen LogP contribution in [0.4, 0.5) is 0 Å². The summed E-state index contributed by atoms with van der Waals surface area (Å²) in [4.78, 5) is 0. The van der Waals surface area contributed by atoms with E-state index in [1.807, 2.05) is 19.1 Å². The van der Waals surface area contributed by atoms with Gasteiger partial charge in [-0.05, 0) is 34.2 Å². The predicted molar refractivity (Wildman–Crippen MR) is 73.3 cm³/mol. The molecule has 2 rings (SSSR count). The van der Waals surface area contributed by atoms with Gasteiger partial charge in [0, 0.05) is 0 Å². The van der Waals surface area contributed by atoms with Crippen LogP contribution in [0.3, 0.4) is 0 Å². The summed E-state index contributed by atoms with van der Waals surface area (Å²) >= 11 is 0. The van der Waals surface area contributed by atoms with Crippen molar-refractivity contribution < 1.29 is 5.11 Å². The number of aliphatic hydroxyl groups is 1. The van der Waals surface area contributed by atoms with Gasteiger partial charge in [0.05, 0.1) is 6.10 Å². The first-order valence-corrected chi connectivity index (χ1v) is 6.11. The summed E-state index contributed by atoms with van der Waals surface area (Å²) in [6, 6.07) is 12.6. The van der Waals surface area contributed by atoms with Crippen molar-refractivity contribution >= 4 is 10.8 Å². The molecule has 0 aromatic heterocycles. The zero-order valence-electron chi connectivity index (χ0n) is 11.0. The van der Waals surface area contributed by atoms with Gasteiger partial charge in [-0.2, -0.15) is 0 Å². The number of fused-ring (bicyclic) bond motifs is 1. The highest BCUT2D eigenvalue weighted by Gasteiger charge is 2.17. The zero-order valence-corrected chi connectivity index (χ0v) is 11.0. The van der Waals surface area contributed by atoms with E-state index in [1.54, 1.807) is 0 Å². The fourth-order valence-corrected chi connectivity index (χ4v) is 2.12. The van der Waals surface area contributed by atoms with Gasteiger partial charge in [0.15, 0.2) is 0 Å². The third-order valence-electron chi connectivity index (χ3n) is 3.21. The maximum absolute atomic E-state index is 9.91. The molecule has 0 heterocycles. The van der Waals surface area contributed by atoms with Crippen LogP contribution in [0.5, 0.6) is 0 Å². The van der Waals surface area contributed by atoms with Gasteiger partial charge >= 0.3 is 0 Å². The SMILES string of the molecule is CC(O)c1cc(C(C)(C)C)cc2ccccc12. The van der Waals surface area contributed by atoms with Gasteiger partial charge < -0.3 is 5.11 Å². The van der Waals surface area contributed by atoms with E-state index < -0.39 is 6.10 Å². The summed E-state index contributed by atoms with van der Waals surface area (Å²) < 4.78 is 0. The number of hydrogen-bond donors (Lipinski definition) is 1. The summed E-state index contributed by atoms with van der Waals surface area (Å²) in [5.41, 5.74) is 2.40. The summed E-state index contributed by atoms with van der Waals surface area (Å²) in [6.45, 7) is 8.42. The monoisotopic (exact) mass is 228 g/mol. The lowest BCUT2D eigenvalue weighted by molar-refractivity contribution is 0.200. The minimum Gasteiger partial charge on any atom is -0.389 e. The van der Waals surface area contributed by atoms with Crippen molar-refractivity contribution in [1.29, 1.82) is 0 Å². The minimum atomic E-state index is -0.429. The second-order valence-corrected chi connectivity index (χ2v) is 5.71. The molecule has 0 saturated carbocycles. The second kappa shape index (κ2) is 4.15. The molecule has 1 N–H and O–H groups in total. The standard InChI is InChI=1S/C16H20O/c1-11(17)15-10-13(16(2,3)4)9-12-7-5-6-8-14(12)15/h5-11,17H,1-4H3. The van der Waals surface area contributed by atoms with E-state index in [1.165, 1.54) is 10.9 Å². The van der Waals surface area contributed by atoms with E-state index in [-0.39, 0.29) is 5.41 Å². The molecule has 0 radical (unpaired) electrons. The molecule has 0 spiro atoms. The van der Waals surface area contributed by atoms with Crippen LogP contribution in [0.2, 0.25) is 0 Å². The largest absolute Gasteiger partial charge is 0.389 e. The van der Waals surface area contributed by atoms with Crippen LogP contribution in [-0.4, -0.2) is 5.11 Å². The highest BCUT2D eigenvalue weighted by atomic mass is 16.3. The van der Waals surface area contributed by atoms with Gasteiger partial charge in [-0.25, -0.2) is 0 Å². The van der Waals surface area contributed by atoms with Gasteiger partial charge in [-0.15, -0.1) is 0 Å². The molecule has 0 saturated heterocycles. The molecule has 0 aliphatic heterocycles. The summed E-state index contributed by atoms with van der Waals surface area (Å²) in [5.74, 6) is 0. The molecule has 1 heteroatoms. The number of benzene rings is 2. The van der Waals surface area contributed by atoms with Crippen LogP contribution in [0.1, 0.15) is 44.9 Å². The molecule has 0 aliphatic rings. The average Bonchev–Trinajstić information content (AvgIpc) is 2.26. The maximum atomic E-state index is 9.91. The average molecular weight is 228 g/mol. The van der Waals surface area contributed by atoms with Gasteiger partial charge in [-0.3, -0.25) is 0 Å². The Balaban J connectivity index is 2.76. The van der Waals surface area contributed by atoms with Gasteiger partial charge in [0.1, 0.15) is 0 Å². The van der Waals surface area contributed by atoms with Crippen LogP contribution >= 0.6 is 0 Å². The molecule has 2 aromatic rings. The molecule has 17 heavy (non-hydrogen) atoms. The quantitative estimate of drug-likeness (QED) is 0.776. The maximum Gasteiger partial charge on any atom is 0.0768 e. The molecule has 0 amide bonds. The number of hydrogen-bond acceptors (Lipinski definition) is 1. The Bertz CT molecular complexity index is 533. The Morgan fingerprint density at radius 2 is 1.71 bits per heavy atom. The van der Waals surface area contributed by atoms with E-state index in [9.17, 15) is 5.11 Å². The lowest BCUT2D eigenvalue weighted by atomic mass is 9.83. The number of aliphatic hydroxyl groups excluding tert-OH is 1. The van der Waals surface area contributed by atoms with E-state index in [4.69, 9.17) is 0 Å². The van der Waals surface area contributed by atoms with Crippen LogP contribution in [0.25, 0.3) is 10.8 Å². The third-order valence-corrected chi connectivity index (χ3v) is 3.21. The molecule has 90 valence electrons. The van der Waals surface area contributed by atoms with Crippen molar-refractivity contribution in [3.8, 4) is 0 Å². The van der Waals surface area contributed by atoms with E-state index in [0.717, 1.165) is 10.9 Å². The topological polar surface area (TPSA) is 20.2 Å². The second-order valence-electron chi connectivity index (χ2n) is 5.71. The molecule has 0 fully saturated rings. The zero-order chi connectivity index (χ0) is 12.6. The molecular weight excluding hydrogens is 208 g/mol. The minimum absolute atomic E-state index is 0.105. The lowest BCUT2D eigenvalue weighted by Crippen LogP contribution is -2.12. The molecule has 0 aliphatic carbocycles. The Morgan fingerprint density at radius 1 is 1.06 bits per heavy atom. The molecule has 1 unspecified atom stereocenters. The smallest absolute Gasteiger partial charge is 0.0768 e. The molecule has 0 bridgehead atoms. The van der Waals surface area contributed by atoms with Crippen molar-refractivity contribution in [2.24, 2.45) is 0 Å². The Hall–Kier alpha value is -1.34. The Kier molecular flexibility index (Phi) is 2.96. The van der Waals surface area contributed by atoms with Gasteiger partial charge in [-0.1, -0.05) is 57.2 Å². The summed E-state index contributed by atoms with van der Waals surface area (Å²) in [5, 5.41) is 12.3. The van der Waals surface area contributed by atoms with Crippen LogP contribution < -0.4 is 0 Å². The van der Waals surface area contributed by atoms with Crippen molar-refractivity contribution in [3.63, 3.8) is 0 Å². The molecule has 1 atom stereocenters.